The number of benzene rings is 2. The van der Waals surface area contributed by atoms with E-state index in [-0.39, 0.29) is 5.97 Å². The van der Waals surface area contributed by atoms with Crippen molar-refractivity contribution in [3.63, 3.8) is 0 Å². The van der Waals surface area contributed by atoms with Crippen LogP contribution < -0.4 is 4.74 Å². The zero-order valence-corrected chi connectivity index (χ0v) is 17.0. The fraction of sp³-hybridized carbons (Fsp3) is 0.522. The van der Waals surface area contributed by atoms with E-state index >= 15 is 0 Å². The first-order chi connectivity index (χ1) is 13.2. The molecule has 0 N–H and O–H groups in total. The molecule has 4 heteroatoms. The molecular formula is C23H33NO3. The minimum Gasteiger partial charge on any atom is -0.497 e. The van der Waals surface area contributed by atoms with Crippen molar-refractivity contribution in [2.45, 2.75) is 58.8 Å². The monoisotopic (exact) mass is 371 g/mol. The maximum atomic E-state index is 12.4. The molecule has 2 aromatic rings. The van der Waals surface area contributed by atoms with Crippen LogP contribution in [-0.4, -0.2) is 31.2 Å². The highest BCUT2D eigenvalue weighted by atomic mass is 16.7. The van der Waals surface area contributed by atoms with E-state index in [0.29, 0.717) is 6.42 Å². The van der Waals surface area contributed by atoms with Crippen LogP contribution >= 0.6 is 0 Å². The predicted molar refractivity (Wildman–Crippen MR) is 111 cm³/mol. The Kier molecular flexibility index (Phi) is 9.12. The van der Waals surface area contributed by atoms with Gasteiger partial charge in [0.15, 0.2) is 0 Å². The van der Waals surface area contributed by atoms with Gasteiger partial charge in [0, 0.05) is 13.1 Å². The van der Waals surface area contributed by atoms with Gasteiger partial charge in [-0.15, -0.1) is 5.06 Å². The molecule has 0 saturated carbocycles. The number of ether oxygens (including phenoxy) is 1. The largest absolute Gasteiger partial charge is 0.497 e. The van der Waals surface area contributed by atoms with Crippen molar-refractivity contribution < 1.29 is 14.4 Å². The van der Waals surface area contributed by atoms with Gasteiger partial charge in [-0.1, -0.05) is 63.8 Å². The van der Waals surface area contributed by atoms with Gasteiger partial charge in [0.25, 0.3) is 0 Å². The van der Waals surface area contributed by atoms with E-state index in [1.165, 1.54) is 12.8 Å². The maximum Gasteiger partial charge on any atom is 0.329 e. The van der Waals surface area contributed by atoms with Crippen LogP contribution in [0.4, 0.5) is 0 Å². The molecule has 0 aromatic heterocycles. The summed E-state index contributed by atoms with van der Waals surface area (Å²) in [4.78, 5) is 18.1. The fourth-order valence-corrected chi connectivity index (χ4v) is 3.13. The zero-order valence-electron chi connectivity index (χ0n) is 17.0. The van der Waals surface area contributed by atoms with Gasteiger partial charge in [0.05, 0.1) is 13.5 Å². The molecule has 2 aromatic carbocycles. The fourth-order valence-electron chi connectivity index (χ4n) is 3.13. The van der Waals surface area contributed by atoms with Crippen LogP contribution in [0, 0.1) is 0 Å². The zero-order chi connectivity index (χ0) is 19.5. The highest BCUT2D eigenvalue weighted by molar-refractivity contribution is 5.85. The smallest absolute Gasteiger partial charge is 0.329 e. The summed E-state index contributed by atoms with van der Waals surface area (Å²) in [5, 5.41) is 4.07. The molecule has 0 heterocycles. The number of unbranched alkanes of at least 4 members (excludes halogenated alkanes) is 4. The lowest BCUT2D eigenvalue weighted by molar-refractivity contribution is -0.190. The second-order valence-electron chi connectivity index (χ2n) is 7.03. The summed E-state index contributed by atoms with van der Waals surface area (Å²) in [5.74, 6) is 0.653. The Morgan fingerprint density at radius 1 is 0.889 bits per heavy atom. The summed E-state index contributed by atoms with van der Waals surface area (Å²) < 4.78 is 5.26. The molecule has 2 rings (SSSR count). The molecular weight excluding hydrogens is 338 g/mol. The van der Waals surface area contributed by atoms with Crippen LogP contribution in [0.5, 0.6) is 5.75 Å². The second kappa shape index (κ2) is 11.6. The highest BCUT2D eigenvalue weighted by Gasteiger charge is 2.13. The number of carbonyl (C=O) groups excluding carboxylic acids is 1. The van der Waals surface area contributed by atoms with Gasteiger partial charge in [-0.2, -0.15) is 0 Å². The number of carbonyl (C=O) groups is 1. The van der Waals surface area contributed by atoms with Gasteiger partial charge in [-0.05, 0) is 41.3 Å². The van der Waals surface area contributed by atoms with Crippen molar-refractivity contribution in [1.82, 2.24) is 5.06 Å². The second-order valence-corrected chi connectivity index (χ2v) is 7.03. The van der Waals surface area contributed by atoms with Crippen molar-refractivity contribution >= 4 is 16.7 Å². The SMILES string of the molecule is CCCCCN(CCCCC)OC(=O)Cc1ccc2cc(OC)ccc2c1. The van der Waals surface area contributed by atoms with E-state index in [9.17, 15) is 4.79 Å². The third kappa shape index (κ3) is 7.22. The molecule has 0 aliphatic carbocycles. The van der Waals surface area contributed by atoms with E-state index in [0.717, 1.165) is 60.9 Å². The van der Waals surface area contributed by atoms with E-state index < -0.39 is 0 Å². The Morgan fingerprint density at radius 3 is 2.15 bits per heavy atom. The van der Waals surface area contributed by atoms with Gasteiger partial charge in [0.2, 0.25) is 0 Å². The van der Waals surface area contributed by atoms with Gasteiger partial charge in [-0.3, -0.25) is 0 Å². The molecule has 0 aliphatic rings. The molecule has 0 atom stereocenters. The molecule has 0 saturated heterocycles. The Balaban J connectivity index is 1.95. The first-order valence-corrected chi connectivity index (χ1v) is 10.2. The Morgan fingerprint density at radius 2 is 1.52 bits per heavy atom. The van der Waals surface area contributed by atoms with E-state index in [4.69, 9.17) is 9.57 Å². The van der Waals surface area contributed by atoms with Crippen molar-refractivity contribution in [2.75, 3.05) is 20.2 Å². The summed E-state index contributed by atoms with van der Waals surface area (Å²) in [6, 6.07) is 12.0. The van der Waals surface area contributed by atoms with Gasteiger partial charge in [0.1, 0.15) is 5.75 Å². The Hall–Kier alpha value is -2.07. The van der Waals surface area contributed by atoms with Crippen LogP contribution in [0.25, 0.3) is 10.8 Å². The van der Waals surface area contributed by atoms with Gasteiger partial charge >= 0.3 is 5.97 Å². The van der Waals surface area contributed by atoms with Crippen LogP contribution in [0.1, 0.15) is 57.9 Å². The number of hydrogen-bond donors (Lipinski definition) is 0. The number of nitrogens with zero attached hydrogens (tertiary/aromatic N) is 1. The summed E-state index contributed by atoms with van der Waals surface area (Å²) >= 11 is 0. The molecule has 0 amide bonds. The third-order valence-corrected chi connectivity index (χ3v) is 4.71. The number of hydrogen-bond acceptors (Lipinski definition) is 4. The molecule has 27 heavy (non-hydrogen) atoms. The van der Waals surface area contributed by atoms with E-state index in [1.807, 2.05) is 35.4 Å². The Labute approximate surface area is 163 Å². The predicted octanol–water partition coefficient (Wildman–Crippen LogP) is 5.53. The lowest BCUT2D eigenvalue weighted by Gasteiger charge is -2.21. The van der Waals surface area contributed by atoms with Gasteiger partial charge in [-0.25, -0.2) is 4.79 Å². The lowest BCUT2D eigenvalue weighted by Crippen LogP contribution is -2.30. The topological polar surface area (TPSA) is 38.8 Å². The molecule has 0 unspecified atom stereocenters. The van der Waals surface area contributed by atoms with Crippen LogP contribution in [0.3, 0.4) is 0 Å². The lowest BCUT2D eigenvalue weighted by atomic mass is 10.0. The molecule has 0 spiro atoms. The average molecular weight is 372 g/mol. The molecule has 0 fully saturated rings. The molecule has 4 nitrogen and oxygen atoms in total. The van der Waals surface area contributed by atoms with Crippen molar-refractivity contribution in [2.24, 2.45) is 0 Å². The summed E-state index contributed by atoms with van der Waals surface area (Å²) in [6.45, 7) is 6.01. The summed E-state index contributed by atoms with van der Waals surface area (Å²) in [7, 11) is 1.66. The number of rotatable bonds is 12. The number of fused-ring (bicyclic) bond motifs is 1. The minimum absolute atomic E-state index is 0.184. The highest BCUT2D eigenvalue weighted by Crippen LogP contribution is 2.22. The van der Waals surface area contributed by atoms with Crippen molar-refractivity contribution in [1.29, 1.82) is 0 Å². The first kappa shape index (κ1) is 21.2. The van der Waals surface area contributed by atoms with Crippen molar-refractivity contribution in [3.8, 4) is 5.75 Å². The van der Waals surface area contributed by atoms with E-state index in [1.54, 1.807) is 7.11 Å². The van der Waals surface area contributed by atoms with E-state index in [2.05, 4.69) is 19.9 Å². The first-order valence-electron chi connectivity index (χ1n) is 10.2. The Bertz CT molecular complexity index is 704. The quantitative estimate of drug-likeness (QED) is 0.363. The maximum absolute atomic E-state index is 12.4. The molecule has 0 radical (unpaired) electrons. The van der Waals surface area contributed by atoms with Crippen LogP contribution in [0.15, 0.2) is 36.4 Å². The average Bonchev–Trinajstić information content (AvgIpc) is 2.67. The molecule has 0 aliphatic heterocycles. The summed E-state index contributed by atoms with van der Waals surface area (Å²) in [6.07, 6.45) is 7.07. The van der Waals surface area contributed by atoms with Crippen molar-refractivity contribution in [3.05, 3.63) is 42.0 Å². The third-order valence-electron chi connectivity index (χ3n) is 4.71. The van der Waals surface area contributed by atoms with Crippen LogP contribution in [0.2, 0.25) is 0 Å². The molecule has 148 valence electrons. The number of hydroxylamine groups is 2. The minimum atomic E-state index is -0.184. The summed E-state index contributed by atoms with van der Waals surface area (Å²) in [5.41, 5.74) is 0.972. The van der Waals surface area contributed by atoms with Gasteiger partial charge < -0.3 is 9.57 Å². The molecule has 0 bridgehead atoms. The standard InChI is InChI=1S/C23H33NO3/c1-4-6-8-14-24(15-9-7-5-2)27-23(25)17-19-10-11-21-18-22(26-3)13-12-20(21)16-19/h10-13,16,18H,4-9,14-15,17H2,1-3H3. The van der Waals surface area contributed by atoms with Crippen LogP contribution in [-0.2, 0) is 16.1 Å². The normalized spacial score (nSPS) is 11.1. The number of methoxy groups -OCH3 is 1.